The lowest BCUT2D eigenvalue weighted by Gasteiger charge is -2.15. The van der Waals surface area contributed by atoms with Crippen molar-refractivity contribution in [2.75, 3.05) is 5.32 Å². The lowest BCUT2D eigenvalue weighted by atomic mass is 10.1. The van der Waals surface area contributed by atoms with Gasteiger partial charge in [-0.05, 0) is 62.7 Å². The van der Waals surface area contributed by atoms with E-state index >= 15 is 0 Å². The van der Waals surface area contributed by atoms with Crippen LogP contribution in [0.15, 0.2) is 59.3 Å². The summed E-state index contributed by atoms with van der Waals surface area (Å²) in [6.07, 6.45) is 3.90. The van der Waals surface area contributed by atoms with E-state index in [1.807, 2.05) is 26.0 Å². The molecular formula is C22H23N3O3. The van der Waals surface area contributed by atoms with E-state index in [4.69, 9.17) is 4.42 Å². The Morgan fingerprint density at radius 3 is 2.46 bits per heavy atom. The number of carbonyl (C=O) groups is 2. The van der Waals surface area contributed by atoms with Gasteiger partial charge in [-0.25, -0.2) is 0 Å². The van der Waals surface area contributed by atoms with Crippen molar-refractivity contribution in [3.8, 4) is 0 Å². The van der Waals surface area contributed by atoms with Gasteiger partial charge >= 0.3 is 0 Å². The van der Waals surface area contributed by atoms with E-state index in [1.54, 1.807) is 43.5 Å². The smallest absolute Gasteiger partial charge is 0.259 e. The molecular weight excluding hydrogens is 354 g/mol. The highest BCUT2D eigenvalue weighted by molar-refractivity contribution is 6.05. The number of hydrogen-bond acceptors (Lipinski definition) is 4. The van der Waals surface area contributed by atoms with Gasteiger partial charge in [0.1, 0.15) is 5.76 Å². The summed E-state index contributed by atoms with van der Waals surface area (Å²) in [6.45, 7) is 5.69. The first-order valence-corrected chi connectivity index (χ1v) is 9.11. The molecule has 6 heteroatoms. The molecule has 3 aromatic rings. The van der Waals surface area contributed by atoms with E-state index in [1.165, 1.54) is 6.26 Å². The zero-order valence-corrected chi connectivity index (χ0v) is 16.2. The minimum absolute atomic E-state index is 0.0513. The molecule has 0 bridgehead atoms. The van der Waals surface area contributed by atoms with Gasteiger partial charge in [-0.1, -0.05) is 6.07 Å². The Balaban J connectivity index is 1.58. The Labute approximate surface area is 164 Å². The molecule has 6 nitrogen and oxygen atoms in total. The normalized spacial score (nSPS) is 11.7. The Morgan fingerprint density at radius 1 is 1.07 bits per heavy atom. The summed E-state index contributed by atoms with van der Waals surface area (Å²) in [5.74, 6) is 0.151. The van der Waals surface area contributed by atoms with Crippen LogP contribution < -0.4 is 10.6 Å². The average Bonchev–Trinajstić information content (AvgIpc) is 3.10. The van der Waals surface area contributed by atoms with E-state index in [2.05, 4.69) is 15.6 Å². The molecule has 2 aromatic heterocycles. The second-order valence-corrected chi connectivity index (χ2v) is 6.77. The minimum atomic E-state index is -0.247. The quantitative estimate of drug-likeness (QED) is 0.682. The van der Waals surface area contributed by atoms with Gasteiger partial charge in [0.05, 0.1) is 11.8 Å². The third-order valence-electron chi connectivity index (χ3n) is 4.50. The van der Waals surface area contributed by atoms with Crippen molar-refractivity contribution in [1.82, 2.24) is 10.3 Å². The average molecular weight is 377 g/mol. The molecule has 2 amide bonds. The summed E-state index contributed by atoms with van der Waals surface area (Å²) in [5.41, 5.74) is 3.71. The number of anilines is 1. The van der Waals surface area contributed by atoms with Gasteiger partial charge in [0.25, 0.3) is 11.8 Å². The third-order valence-corrected chi connectivity index (χ3v) is 4.50. The monoisotopic (exact) mass is 377 g/mol. The first kappa shape index (κ1) is 19.4. The van der Waals surface area contributed by atoms with Crippen molar-refractivity contribution in [2.45, 2.75) is 33.2 Å². The fraction of sp³-hybridized carbons (Fsp3) is 0.227. The van der Waals surface area contributed by atoms with E-state index in [9.17, 15) is 9.59 Å². The number of nitrogens with zero attached hydrogens (tertiary/aromatic N) is 1. The van der Waals surface area contributed by atoms with Gasteiger partial charge in [0.2, 0.25) is 0 Å². The molecule has 2 N–H and O–H groups in total. The molecule has 0 unspecified atom stereocenters. The summed E-state index contributed by atoms with van der Waals surface area (Å²) < 4.78 is 5.14. The number of carbonyl (C=O) groups excluding carboxylic acids is 2. The number of rotatable bonds is 6. The number of pyridine rings is 1. The third kappa shape index (κ3) is 4.65. The molecule has 3 rings (SSSR count). The summed E-state index contributed by atoms with van der Waals surface area (Å²) in [4.78, 5) is 29.0. The summed E-state index contributed by atoms with van der Waals surface area (Å²) in [7, 11) is 0. The van der Waals surface area contributed by atoms with Crippen LogP contribution in [0.2, 0.25) is 0 Å². The van der Waals surface area contributed by atoms with Gasteiger partial charge < -0.3 is 15.1 Å². The number of benzene rings is 1. The Bertz CT molecular complexity index is 977. The molecule has 0 aliphatic rings. The molecule has 144 valence electrons. The topological polar surface area (TPSA) is 84.2 Å². The highest BCUT2D eigenvalue weighted by Crippen LogP contribution is 2.15. The maximum absolute atomic E-state index is 12.5. The van der Waals surface area contributed by atoms with Crippen molar-refractivity contribution in [1.29, 1.82) is 0 Å². The number of aromatic nitrogens is 1. The van der Waals surface area contributed by atoms with Gasteiger partial charge in [-0.15, -0.1) is 0 Å². The van der Waals surface area contributed by atoms with Crippen molar-refractivity contribution in [3.63, 3.8) is 0 Å². The SMILES string of the molecule is Cc1cccnc1C[C@H](C)NC(=O)c1ccc(NC(=O)c2ccoc2C)cc1. The van der Waals surface area contributed by atoms with Crippen LogP contribution in [0.1, 0.15) is 44.7 Å². The predicted octanol–water partition coefficient (Wildman–Crippen LogP) is 3.90. The largest absolute Gasteiger partial charge is 0.469 e. The first-order chi connectivity index (χ1) is 13.4. The van der Waals surface area contributed by atoms with Gasteiger partial charge in [0, 0.05) is 35.6 Å². The fourth-order valence-corrected chi connectivity index (χ4v) is 2.90. The molecule has 0 radical (unpaired) electrons. The maximum Gasteiger partial charge on any atom is 0.259 e. The number of nitrogens with one attached hydrogen (secondary N) is 2. The molecule has 1 aromatic carbocycles. The minimum Gasteiger partial charge on any atom is -0.469 e. The van der Waals surface area contributed by atoms with Crippen molar-refractivity contribution < 1.29 is 14.0 Å². The summed E-state index contributed by atoms with van der Waals surface area (Å²) in [6, 6.07) is 12.3. The molecule has 2 heterocycles. The molecule has 0 saturated carbocycles. The van der Waals surface area contributed by atoms with Crippen molar-refractivity contribution in [3.05, 3.63) is 83.1 Å². The van der Waals surface area contributed by atoms with Gasteiger partial charge in [0.15, 0.2) is 0 Å². The lowest BCUT2D eigenvalue weighted by Crippen LogP contribution is -2.34. The van der Waals surface area contributed by atoms with E-state index in [0.717, 1.165) is 11.3 Å². The molecule has 0 fully saturated rings. The Kier molecular flexibility index (Phi) is 5.89. The second-order valence-electron chi connectivity index (χ2n) is 6.77. The fourth-order valence-electron chi connectivity index (χ4n) is 2.90. The molecule has 0 aliphatic carbocycles. The predicted molar refractivity (Wildman–Crippen MR) is 107 cm³/mol. The van der Waals surface area contributed by atoms with E-state index in [-0.39, 0.29) is 17.9 Å². The van der Waals surface area contributed by atoms with Crippen LogP contribution in [0.4, 0.5) is 5.69 Å². The summed E-state index contributed by atoms with van der Waals surface area (Å²) in [5, 5.41) is 5.78. The van der Waals surface area contributed by atoms with Crippen LogP contribution in [0, 0.1) is 13.8 Å². The molecule has 0 aliphatic heterocycles. The van der Waals surface area contributed by atoms with Gasteiger partial charge in [-0.3, -0.25) is 14.6 Å². The van der Waals surface area contributed by atoms with Gasteiger partial charge in [-0.2, -0.15) is 0 Å². The van der Waals surface area contributed by atoms with Crippen LogP contribution >= 0.6 is 0 Å². The molecule has 1 atom stereocenters. The highest BCUT2D eigenvalue weighted by atomic mass is 16.3. The first-order valence-electron chi connectivity index (χ1n) is 9.11. The number of aryl methyl sites for hydroxylation is 2. The number of furan rings is 1. The lowest BCUT2D eigenvalue weighted by molar-refractivity contribution is 0.0939. The van der Waals surface area contributed by atoms with Crippen LogP contribution in [-0.2, 0) is 6.42 Å². The highest BCUT2D eigenvalue weighted by Gasteiger charge is 2.14. The molecule has 28 heavy (non-hydrogen) atoms. The Morgan fingerprint density at radius 2 is 1.82 bits per heavy atom. The zero-order chi connectivity index (χ0) is 20.1. The molecule has 0 saturated heterocycles. The van der Waals surface area contributed by atoms with Crippen LogP contribution in [0.5, 0.6) is 0 Å². The number of amides is 2. The maximum atomic E-state index is 12.5. The Hall–Kier alpha value is -3.41. The van der Waals surface area contributed by atoms with Crippen LogP contribution in [0.3, 0.4) is 0 Å². The van der Waals surface area contributed by atoms with E-state index in [0.29, 0.717) is 29.0 Å². The number of hydrogen-bond donors (Lipinski definition) is 2. The standard InChI is InChI=1S/C22H23N3O3/c1-14-5-4-11-23-20(14)13-15(2)24-21(26)17-6-8-18(9-7-17)25-22(27)19-10-12-28-16(19)3/h4-12,15H,13H2,1-3H3,(H,24,26)(H,25,27)/t15-/m0/s1. The molecule has 0 spiro atoms. The van der Waals surface area contributed by atoms with Crippen LogP contribution in [0.25, 0.3) is 0 Å². The summed E-state index contributed by atoms with van der Waals surface area (Å²) >= 11 is 0. The van der Waals surface area contributed by atoms with Crippen molar-refractivity contribution >= 4 is 17.5 Å². The van der Waals surface area contributed by atoms with Crippen LogP contribution in [-0.4, -0.2) is 22.8 Å². The van der Waals surface area contributed by atoms with Crippen molar-refractivity contribution in [2.24, 2.45) is 0 Å². The zero-order valence-electron chi connectivity index (χ0n) is 16.2. The van der Waals surface area contributed by atoms with E-state index < -0.39 is 0 Å². The second kappa shape index (κ2) is 8.52.